The second-order valence-corrected chi connectivity index (χ2v) is 8.04. The second kappa shape index (κ2) is 7.44. The molecule has 154 valence electrons. The topological polar surface area (TPSA) is 91.2 Å². The fraction of sp³-hybridized carbons (Fsp3) is 0.364. The van der Waals surface area contributed by atoms with Crippen LogP contribution in [0.3, 0.4) is 0 Å². The van der Waals surface area contributed by atoms with E-state index >= 15 is 0 Å². The van der Waals surface area contributed by atoms with Crippen LogP contribution in [-0.4, -0.2) is 32.9 Å². The van der Waals surface area contributed by atoms with Gasteiger partial charge < -0.3 is 14.8 Å². The molecule has 8 nitrogen and oxygen atoms in total. The first-order valence-corrected chi connectivity index (χ1v) is 10.2. The van der Waals surface area contributed by atoms with E-state index in [2.05, 4.69) is 27.8 Å². The lowest BCUT2D eigenvalue weighted by molar-refractivity contribution is 0.0836. The summed E-state index contributed by atoms with van der Waals surface area (Å²) in [5, 5.41) is 15.8. The number of hydrogen-bond acceptors (Lipinski definition) is 6. The third-order valence-electron chi connectivity index (χ3n) is 6.01. The van der Waals surface area contributed by atoms with Crippen molar-refractivity contribution in [1.82, 2.24) is 25.5 Å². The molecule has 3 aromatic rings. The van der Waals surface area contributed by atoms with Crippen molar-refractivity contribution in [3.05, 3.63) is 59.9 Å². The molecule has 1 aliphatic heterocycles. The number of fused-ring (bicyclic) bond motifs is 1. The summed E-state index contributed by atoms with van der Waals surface area (Å²) >= 11 is 0. The van der Waals surface area contributed by atoms with Crippen LogP contribution in [0.1, 0.15) is 48.8 Å². The zero-order valence-corrected chi connectivity index (χ0v) is 16.7. The monoisotopic (exact) mass is 405 g/mol. The first-order valence-electron chi connectivity index (χ1n) is 10.2. The molecule has 0 saturated heterocycles. The average Bonchev–Trinajstić information content (AvgIpc) is 3.45. The highest BCUT2D eigenvalue weighted by Crippen LogP contribution is 2.40. The van der Waals surface area contributed by atoms with Crippen LogP contribution in [0, 0.1) is 5.92 Å². The van der Waals surface area contributed by atoms with E-state index in [4.69, 9.17) is 9.47 Å². The third kappa shape index (κ3) is 3.28. The minimum absolute atomic E-state index is 0.120. The summed E-state index contributed by atoms with van der Waals surface area (Å²) in [5.41, 5.74) is 0.753. The minimum atomic E-state index is -0.640. The summed E-state index contributed by atoms with van der Waals surface area (Å²) in [6.07, 6.45) is 3.53. The molecule has 2 aliphatic rings. The third-order valence-corrected chi connectivity index (χ3v) is 6.01. The second-order valence-electron chi connectivity index (χ2n) is 8.04. The number of hydrogen-bond donors (Lipinski definition) is 1. The normalized spacial score (nSPS) is 22.6. The van der Waals surface area contributed by atoms with Gasteiger partial charge in [-0.15, -0.1) is 5.10 Å². The van der Waals surface area contributed by atoms with Gasteiger partial charge >= 0.3 is 0 Å². The Balaban J connectivity index is 1.53. The Morgan fingerprint density at radius 3 is 2.67 bits per heavy atom. The van der Waals surface area contributed by atoms with Gasteiger partial charge in [0.1, 0.15) is 5.54 Å². The van der Waals surface area contributed by atoms with E-state index in [0.29, 0.717) is 28.8 Å². The average molecular weight is 405 g/mol. The lowest BCUT2D eigenvalue weighted by atomic mass is 9.76. The summed E-state index contributed by atoms with van der Waals surface area (Å²) in [6.45, 7) is 2.44. The van der Waals surface area contributed by atoms with Gasteiger partial charge in [-0.25, -0.2) is 0 Å². The highest BCUT2D eigenvalue weighted by molar-refractivity contribution is 5.94. The van der Waals surface area contributed by atoms with E-state index in [9.17, 15) is 4.79 Å². The van der Waals surface area contributed by atoms with Crippen LogP contribution >= 0.6 is 0 Å². The van der Waals surface area contributed by atoms with Crippen LogP contribution in [0.25, 0.3) is 5.69 Å². The van der Waals surface area contributed by atoms with E-state index in [1.165, 1.54) is 0 Å². The molecule has 5 rings (SSSR count). The van der Waals surface area contributed by atoms with Crippen LogP contribution < -0.4 is 14.8 Å². The lowest BCUT2D eigenvalue weighted by Crippen LogP contribution is -2.49. The molecule has 0 unspecified atom stereocenters. The van der Waals surface area contributed by atoms with Gasteiger partial charge in [-0.2, -0.15) is 4.68 Å². The van der Waals surface area contributed by atoms with E-state index in [0.717, 1.165) is 31.4 Å². The summed E-state index contributed by atoms with van der Waals surface area (Å²) in [6, 6.07) is 14.9. The molecule has 1 aliphatic carbocycles. The standard InChI is InChI=1S/C22H23N5O3/c1-15-9-11-22(12-10-15,23-20(28)16-5-3-2-4-6-16)21-24-25-26-27(21)17-7-8-18-19(13-17)30-14-29-18/h2-8,13,15H,9-12,14H2,1H3,(H,23,28). The molecule has 2 aromatic carbocycles. The number of amides is 1. The molecule has 8 heteroatoms. The Bertz CT molecular complexity index is 1060. The Kier molecular flexibility index (Phi) is 4.61. The van der Waals surface area contributed by atoms with E-state index in [1.54, 1.807) is 4.68 Å². The summed E-state index contributed by atoms with van der Waals surface area (Å²) < 4.78 is 12.6. The molecular formula is C22H23N5O3. The van der Waals surface area contributed by atoms with E-state index in [-0.39, 0.29) is 12.7 Å². The highest BCUT2D eigenvalue weighted by Gasteiger charge is 2.42. The van der Waals surface area contributed by atoms with E-state index < -0.39 is 5.54 Å². The van der Waals surface area contributed by atoms with Crippen molar-refractivity contribution in [3.8, 4) is 17.2 Å². The van der Waals surface area contributed by atoms with Gasteiger partial charge in [0.25, 0.3) is 5.91 Å². The van der Waals surface area contributed by atoms with Crippen molar-refractivity contribution in [3.63, 3.8) is 0 Å². The largest absolute Gasteiger partial charge is 0.454 e. The molecule has 2 heterocycles. The Labute approximate surface area is 174 Å². The molecule has 1 amide bonds. The highest BCUT2D eigenvalue weighted by atomic mass is 16.7. The van der Waals surface area contributed by atoms with Crippen LogP contribution in [0.15, 0.2) is 48.5 Å². The Morgan fingerprint density at radius 1 is 1.10 bits per heavy atom. The molecule has 1 fully saturated rings. The number of aromatic nitrogens is 4. The van der Waals surface area contributed by atoms with Crippen molar-refractivity contribution in [2.75, 3.05) is 6.79 Å². The van der Waals surface area contributed by atoms with Crippen molar-refractivity contribution in [1.29, 1.82) is 0 Å². The maximum atomic E-state index is 13.1. The number of nitrogens with one attached hydrogen (secondary N) is 1. The molecule has 0 atom stereocenters. The fourth-order valence-electron chi connectivity index (χ4n) is 4.21. The molecule has 1 saturated carbocycles. The maximum absolute atomic E-state index is 13.1. The van der Waals surface area contributed by atoms with Crippen molar-refractivity contribution >= 4 is 5.91 Å². The number of carbonyl (C=O) groups excluding carboxylic acids is 1. The summed E-state index contributed by atoms with van der Waals surface area (Å²) in [7, 11) is 0. The number of benzene rings is 2. The predicted molar refractivity (Wildman–Crippen MR) is 108 cm³/mol. The quantitative estimate of drug-likeness (QED) is 0.717. The zero-order valence-electron chi connectivity index (χ0n) is 16.7. The SMILES string of the molecule is CC1CCC(NC(=O)c2ccccc2)(c2nnnn2-c2ccc3c(c2)OCO3)CC1. The van der Waals surface area contributed by atoms with Gasteiger partial charge in [0, 0.05) is 11.6 Å². The van der Waals surface area contributed by atoms with E-state index in [1.807, 2.05) is 48.5 Å². The van der Waals surface area contributed by atoms with Crippen molar-refractivity contribution < 1.29 is 14.3 Å². The van der Waals surface area contributed by atoms with Gasteiger partial charge in [-0.3, -0.25) is 4.79 Å². The zero-order chi connectivity index (χ0) is 20.6. The molecule has 1 N–H and O–H groups in total. The first kappa shape index (κ1) is 18.6. The molecular weight excluding hydrogens is 382 g/mol. The molecule has 1 aromatic heterocycles. The first-order chi connectivity index (χ1) is 14.6. The number of nitrogens with zero attached hydrogens (tertiary/aromatic N) is 4. The van der Waals surface area contributed by atoms with Gasteiger partial charge in [0.15, 0.2) is 17.3 Å². The van der Waals surface area contributed by atoms with Crippen LogP contribution in [0.4, 0.5) is 0 Å². The number of carbonyl (C=O) groups is 1. The maximum Gasteiger partial charge on any atom is 0.252 e. The minimum Gasteiger partial charge on any atom is -0.454 e. The fourth-order valence-corrected chi connectivity index (χ4v) is 4.21. The van der Waals surface area contributed by atoms with Crippen molar-refractivity contribution in [2.24, 2.45) is 5.92 Å². The van der Waals surface area contributed by atoms with Gasteiger partial charge in [-0.05, 0) is 66.3 Å². The molecule has 0 spiro atoms. The van der Waals surface area contributed by atoms with Gasteiger partial charge in [0.2, 0.25) is 6.79 Å². The van der Waals surface area contributed by atoms with Crippen LogP contribution in [0.5, 0.6) is 11.5 Å². The Hall–Kier alpha value is -3.42. The number of rotatable bonds is 4. The number of ether oxygens (including phenoxy) is 2. The van der Waals surface area contributed by atoms with Crippen molar-refractivity contribution in [2.45, 2.75) is 38.1 Å². The van der Waals surface area contributed by atoms with Crippen LogP contribution in [-0.2, 0) is 5.54 Å². The number of tetrazole rings is 1. The summed E-state index contributed by atoms with van der Waals surface area (Å²) in [4.78, 5) is 13.1. The Morgan fingerprint density at radius 2 is 1.87 bits per heavy atom. The predicted octanol–water partition coefficient (Wildman–Crippen LogP) is 3.23. The van der Waals surface area contributed by atoms with Gasteiger partial charge in [-0.1, -0.05) is 25.1 Å². The molecule has 0 radical (unpaired) electrons. The lowest BCUT2D eigenvalue weighted by Gasteiger charge is -2.39. The summed E-state index contributed by atoms with van der Waals surface area (Å²) in [5.74, 6) is 2.48. The molecule has 0 bridgehead atoms. The smallest absolute Gasteiger partial charge is 0.252 e. The van der Waals surface area contributed by atoms with Gasteiger partial charge in [0.05, 0.1) is 5.69 Å². The molecule has 30 heavy (non-hydrogen) atoms. The van der Waals surface area contributed by atoms with Crippen LogP contribution in [0.2, 0.25) is 0 Å².